The highest BCUT2D eigenvalue weighted by Gasteiger charge is 2.27. The second-order valence-electron chi connectivity index (χ2n) is 12.1. The third kappa shape index (κ3) is 8.83. The van der Waals surface area contributed by atoms with Gasteiger partial charge in [0.25, 0.3) is 0 Å². The highest BCUT2D eigenvalue weighted by atomic mass is 19.2. The molecule has 0 N–H and O–H groups in total. The Morgan fingerprint density at radius 1 is 0.973 bits per heavy atom. The Bertz CT molecular complexity index is 1000. The van der Waals surface area contributed by atoms with E-state index in [0.717, 1.165) is 38.0 Å². The molecular weight excluding hydrogens is 470 g/mol. The first-order valence-electron chi connectivity index (χ1n) is 14.0. The quantitative estimate of drug-likeness (QED) is 0.170. The van der Waals surface area contributed by atoms with E-state index in [4.69, 9.17) is 9.47 Å². The van der Waals surface area contributed by atoms with Crippen LogP contribution in [0.5, 0.6) is 11.5 Å². The first-order valence-corrected chi connectivity index (χ1v) is 14.0. The molecule has 0 bridgehead atoms. The van der Waals surface area contributed by atoms with Crippen molar-refractivity contribution in [2.24, 2.45) is 23.2 Å². The van der Waals surface area contributed by atoms with Gasteiger partial charge in [-0.25, -0.2) is 4.39 Å². The highest BCUT2D eigenvalue weighted by molar-refractivity contribution is 5.75. The van der Waals surface area contributed by atoms with Crippen LogP contribution in [0.1, 0.15) is 92.4 Å². The minimum absolute atomic E-state index is 0.0627. The lowest BCUT2D eigenvalue weighted by Crippen LogP contribution is -2.25. The summed E-state index contributed by atoms with van der Waals surface area (Å²) in [5.74, 6) is -0.888. The van der Waals surface area contributed by atoms with Crippen LogP contribution in [0.15, 0.2) is 36.4 Å². The van der Waals surface area contributed by atoms with Crippen LogP contribution in [0.2, 0.25) is 0 Å². The number of esters is 1. The standard InChI is InChI=1S/C32H44F2O3/c1-6-7-8-9-23-10-12-25(13-11-23)31(35)37-26-16-14-24(15-17-26)27-18-19-28(30(34)29(27)33)36-21-22(2)20-32(3,4)5/h14-19,22-23,25H,6-13,20-21H2,1-5H3. The van der Waals surface area contributed by atoms with Crippen LogP contribution >= 0.6 is 0 Å². The van der Waals surface area contributed by atoms with Gasteiger partial charge in [0.05, 0.1) is 12.5 Å². The minimum Gasteiger partial charge on any atom is -0.490 e. The summed E-state index contributed by atoms with van der Waals surface area (Å²) in [5, 5.41) is 0. The molecule has 0 spiro atoms. The summed E-state index contributed by atoms with van der Waals surface area (Å²) in [6.45, 7) is 11.0. The molecule has 3 nitrogen and oxygen atoms in total. The molecule has 1 saturated carbocycles. The van der Waals surface area contributed by atoms with E-state index in [-0.39, 0.29) is 34.5 Å². The Morgan fingerprint density at radius 3 is 2.27 bits per heavy atom. The van der Waals surface area contributed by atoms with Crippen LogP contribution in [-0.2, 0) is 4.79 Å². The molecule has 1 unspecified atom stereocenters. The number of hydrogen-bond donors (Lipinski definition) is 0. The van der Waals surface area contributed by atoms with Gasteiger partial charge in [-0.15, -0.1) is 0 Å². The van der Waals surface area contributed by atoms with Crippen LogP contribution in [0.3, 0.4) is 0 Å². The zero-order valence-corrected chi connectivity index (χ0v) is 23.2. The Kier molecular flexibility index (Phi) is 10.5. The van der Waals surface area contributed by atoms with Gasteiger partial charge >= 0.3 is 5.97 Å². The Hall–Kier alpha value is -2.43. The monoisotopic (exact) mass is 514 g/mol. The summed E-state index contributed by atoms with van der Waals surface area (Å²) in [6.07, 6.45) is 9.90. The van der Waals surface area contributed by atoms with Crippen molar-refractivity contribution in [3.05, 3.63) is 48.0 Å². The Labute approximate surface area is 222 Å². The maximum Gasteiger partial charge on any atom is 0.314 e. The summed E-state index contributed by atoms with van der Waals surface area (Å²) in [5.41, 5.74) is 0.799. The summed E-state index contributed by atoms with van der Waals surface area (Å²) in [4.78, 5) is 12.7. The largest absolute Gasteiger partial charge is 0.490 e. The molecule has 5 heteroatoms. The third-order valence-electron chi connectivity index (χ3n) is 7.31. The molecule has 2 aromatic rings. The number of unbranched alkanes of at least 4 members (excludes halogenated alkanes) is 2. The average Bonchev–Trinajstić information content (AvgIpc) is 2.85. The normalized spacial score (nSPS) is 18.9. The molecule has 1 atom stereocenters. The maximum absolute atomic E-state index is 14.9. The second-order valence-corrected chi connectivity index (χ2v) is 12.1. The lowest BCUT2D eigenvalue weighted by Gasteiger charge is -2.27. The van der Waals surface area contributed by atoms with Crippen molar-refractivity contribution in [3.63, 3.8) is 0 Å². The molecule has 37 heavy (non-hydrogen) atoms. The van der Waals surface area contributed by atoms with E-state index in [2.05, 4.69) is 27.7 Å². The van der Waals surface area contributed by atoms with Crippen LogP contribution in [0.4, 0.5) is 8.78 Å². The van der Waals surface area contributed by atoms with Crippen LogP contribution in [0.25, 0.3) is 11.1 Å². The second kappa shape index (κ2) is 13.4. The predicted molar refractivity (Wildman–Crippen MR) is 146 cm³/mol. The van der Waals surface area contributed by atoms with Gasteiger partial charge in [-0.05, 0) is 79.2 Å². The predicted octanol–water partition coefficient (Wildman–Crippen LogP) is 9.37. The van der Waals surface area contributed by atoms with Gasteiger partial charge in [0.15, 0.2) is 11.6 Å². The number of hydrogen-bond acceptors (Lipinski definition) is 3. The van der Waals surface area contributed by atoms with E-state index in [9.17, 15) is 13.6 Å². The van der Waals surface area contributed by atoms with E-state index >= 15 is 0 Å². The molecule has 0 radical (unpaired) electrons. The van der Waals surface area contributed by atoms with Gasteiger partial charge in [-0.1, -0.05) is 72.4 Å². The first kappa shape index (κ1) is 29.1. The van der Waals surface area contributed by atoms with Crippen molar-refractivity contribution in [2.75, 3.05) is 6.61 Å². The number of ether oxygens (including phenoxy) is 2. The number of benzene rings is 2. The number of halogens is 2. The van der Waals surface area contributed by atoms with Gasteiger partial charge in [-0.2, -0.15) is 4.39 Å². The van der Waals surface area contributed by atoms with Crippen LogP contribution in [-0.4, -0.2) is 12.6 Å². The molecule has 1 aliphatic rings. The van der Waals surface area contributed by atoms with E-state index in [1.807, 2.05) is 6.92 Å². The van der Waals surface area contributed by atoms with Gasteiger partial charge in [0.2, 0.25) is 5.82 Å². The van der Waals surface area contributed by atoms with Crippen molar-refractivity contribution in [3.8, 4) is 22.6 Å². The zero-order chi connectivity index (χ0) is 27.0. The smallest absolute Gasteiger partial charge is 0.314 e. The van der Waals surface area contributed by atoms with Gasteiger partial charge in [0.1, 0.15) is 5.75 Å². The molecule has 204 valence electrons. The SMILES string of the molecule is CCCCCC1CCC(C(=O)Oc2ccc(-c3ccc(OCC(C)CC(C)(C)C)c(F)c3F)cc2)CC1. The molecule has 0 amide bonds. The fourth-order valence-corrected chi connectivity index (χ4v) is 5.47. The zero-order valence-electron chi connectivity index (χ0n) is 23.2. The molecule has 1 aliphatic carbocycles. The third-order valence-corrected chi connectivity index (χ3v) is 7.31. The Morgan fingerprint density at radius 2 is 1.65 bits per heavy atom. The molecule has 1 fully saturated rings. The lowest BCUT2D eigenvalue weighted by atomic mass is 9.80. The topological polar surface area (TPSA) is 35.5 Å². The van der Waals surface area contributed by atoms with Gasteiger partial charge < -0.3 is 9.47 Å². The first-order chi connectivity index (χ1) is 17.6. The van der Waals surface area contributed by atoms with Crippen molar-refractivity contribution in [1.82, 2.24) is 0 Å². The summed E-state index contributed by atoms with van der Waals surface area (Å²) in [7, 11) is 0. The molecule has 2 aromatic carbocycles. The number of rotatable bonds is 11. The minimum atomic E-state index is -0.985. The lowest BCUT2D eigenvalue weighted by molar-refractivity contribution is -0.140. The van der Waals surface area contributed by atoms with E-state index in [1.165, 1.54) is 37.8 Å². The Balaban J connectivity index is 1.55. The maximum atomic E-state index is 14.9. The number of carbonyl (C=O) groups is 1. The van der Waals surface area contributed by atoms with Gasteiger partial charge in [0, 0.05) is 5.56 Å². The fourth-order valence-electron chi connectivity index (χ4n) is 5.47. The average molecular weight is 515 g/mol. The van der Waals surface area contributed by atoms with Crippen LogP contribution in [0, 0.1) is 34.8 Å². The molecule has 3 rings (SSSR count). The summed E-state index contributed by atoms with van der Waals surface area (Å²) < 4.78 is 40.8. The van der Waals surface area contributed by atoms with Crippen molar-refractivity contribution in [2.45, 2.75) is 92.4 Å². The molecule has 0 saturated heterocycles. The fraction of sp³-hybridized carbons (Fsp3) is 0.594. The van der Waals surface area contributed by atoms with Crippen molar-refractivity contribution in [1.29, 1.82) is 0 Å². The molecule has 0 aliphatic heterocycles. The molecule has 0 aromatic heterocycles. The highest BCUT2D eigenvalue weighted by Crippen LogP contribution is 2.34. The van der Waals surface area contributed by atoms with E-state index in [1.54, 1.807) is 24.3 Å². The molecule has 0 heterocycles. The van der Waals surface area contributed by atoms with E-state index < -0.39 is 11.6 Å². The molecular formula is C32H44F2O3. The van der Waals surface area contributed by atoms with Crippen LogP contribution < -0.4 is 9.47 Å². The number of carbonyl (C=O) groups excluding carboxylic acids is 1. The summed E-state index contributed by atoms with van der Waals surface area (Å²) in [6, 6.07) is 9.58. The van der Waals surface area contributed by atoms with E-state index in [0.29, 0.717) is 17.9 Å². The van der Waals surface area contributed by atoms with Crippen molar-refractivity contribution >= 4 is 5.97 Å². The summed E-state index contributed by atoms with van der Waals surface area (Å²) >= 11 is 0. The van der Waals surface area contributed by atoms with Crippen molar-refractivity contribution < 1.29 is 23.0 Å². The van der Waals surface area contributed by atoms with Gasteiger partial charge in [-0.3, -0.25) is 4.79 Å².